The molecule has 6 aliphatic rings. The average Bonchev–Trinajstić information content (AvgIpc) is 2.98. The van der Waals surface area contributed by atoms with Gasteiger partial charge in [-0.1, -0.05) is 54.0 Å². The van der Waals surface area contributed by atoms with Crippen LogP contribution < -0.4 is 0 Å². The Morgan fingerprint density at radius 2 is 1.55 bits per heavy atom. The van der Waals surface area contributed by atoms with E-state index in [1.165, 1.54) is 0 Å². The number of hydrogen-bond donors (Lipinski definition) is 6. The number of carbonyl (C=O) groups excluding carboxylic acids is 2. The summed E-state index contributed by atoms with van der Waals surface area (Å²) in [5.74, 6) is -0.296. The summed E-state index contributed by atoms with van der Waals surface area (Å²) >= 11 is 0. The van der Waals surface area contributed by atoms with E-state index in [2.05, 4.69) is 27.7 Å². The summed E-state index contributed by atoms with van der Waals surface area (Å²) in [5.41, 5.74) is -2.55. The normalized spacial score (nSPS) is 54.1. The van der Waals surface area contributed by atoms with Crippen LogP contribution in [-0.4, -0.2) is 98.3 Å². The molecule has 47 heavy (non-hydrogen) atoms. The molecule has 5 aliphatic carbocycles. The second-order valence-electron chi connectivity index (χ2n) is 17.9. The highest BCUT2D eigenvalue weighted by Gasteiger charge is 2.73. The lowest BCUT2D eigenvalue weighted by molar-refractivity contribution is -0.436. The van der Waals surface area contributed by atoms with Crippen LogP contribution in [0.5, 0.6) is 0 Å². The standard InChI is InChI=1S/C36H56O11/c1-31(2)13-19-18-12-20(38)29-33(4)10-9-23(39)34(5,17-45-47-30-28(44)27(43)26(42)21(16-37)46-30)22(33)8-11-35(29,6)36(18,7)25(41)15-32(19,3)14-24(31)40/h12,19,21-23,25-30,37,39,41-44H,8-11,13-17H2,1-7H3/t19-,21-,22?,23+,25+,26-,27+,28-,29-,30+,32-,33+,34?,35-,36+/m1/s1. The van der Waals surface area contributed by atoms with E-state index in [0.717, 1.165) is 5.57 Å². The summed E-state index contributed by atoms with van der Waals surface area (Å²) in [6, 6.07) is 0. The van der Waals surface area contributed by atoms with Gasteiger partial charge in [-0.2, -0.15) is 0 Å². The molecular formula is C36H56O11. The highest BCUT2D eigenvalue weighted by atomic mass is 17.2. The Balaban J connectivity index is 1.30. The van der Waals surface area contributed by atoms with Crippen molar-refractivity contribution in [2.45, 2.75) is 136 Å². The maximum Gasteiger partial charge on any atom is 0.220 e. The van der Waals surface area contributed by atoms with Gasteiger partial charge in [0.15, 0.2) is 5.78 Å². The van der Waals surface area contributed by atoms with Crippen molar-refractivity contribution < 1.29 is 54.7 Å². The van der Waals surface area contributed by atoms with Crippen LogP contribution in [0.2, 0.25) is 0 Å². The number of carbonyl (C=O) groups is 2. The molecule has 0 spiro atoms. The third-order valence-corrected chi connectivity index (χ3v) is 14.9. The van der Waals surface area contributed by atoms with Crippen molar-refractivity contribution in [3.63, 3.8) is 0 Å². The molecule has 5 fully saturated rings. The van der Waals surface area contributed by atoms with Gasteiger partial charge in [0.2, 0.25) is 6.29 Å². The molecule has 15 atom stereocenters. The first-order valence-corrected chi connectivity index (χ1v) is 17.5. The minimum absolute atomic E-state index is 0.0160. The van der Waals surface area contributed by atoms with Crippen LogP contribution in [0.25, 0.3) is 0 Å². The Labute approximate surface area is 277 Å². The van der Waals surface area contributed by atoms with E-state index in [-0.39, 0.29) is 30.0 Å². The fourth-order valence-electron chi connectivity index (χ4n) is 11.7. The molecule has 266 valence electrons. The van der Waals surface area contributed by atoms with Crippen LogP contribution in [0.1, 0.15) is 93.4 Å². The molecule has 0 amide bonds. The summed E-state index contributed by atoms with van der Waals surface area (Å²) < 4.78 is 5.43. The van der Waals surface area contributed by atoms with Crippen LogP contribution >= 0.6 is 0 Å². The second-order valence-corrected chi connectivity index (χ2v) is 17.9. The van der Waals surface area contributed by atoms with Crippen LogP contribution in [0.4, 0.5) is 0 Å². The maximum atomic E-state index is 14.6. The minimum Gasteiger partial charge on any atom is -0.394 e. The Morgan fingerprint density at radius 3 is 2.21 bits per heavy atom. The lowest BCUT2D eigenvalue weighted by Gasteiger charge is -2.71. The fraction of sp³-hybridized carbons (Fsp3) is 0.889. The monoisotopic (exact) mass is 664 g/mol. The highest BCUT2D eigenvalue weighted by Crippen LogP contribution is 2.75. The number of Topliss-reactive ketones (excluding diaryl/α,β-unsaturated/α-hetero) is 1. The molecule has 0 aromatic carbocycles. The third-order valence-electron chi connectivity index (χ3n) is 14.9. The zero-order valence-corrected chi connectivity index (χ0v) is 28.9. The van der Waals surface area contributed by atoms with Gasteiger partial charge in [0.05, 0.1) is 25.4 Å². The molecule has 2 unspecified atom stereocenters. The molecule has 0 radical (unpaired) electrons. The van der Waals surface area contributed by atoms with E-state index < -0.39 is 87.9 Å². The number of fused-ring (bicyclic) bond motifs is 7. The lowest BCUT2D eigenvalue weighted by atomic mass is 9.33. The molecule has 11 nitrogen and oxygen atoms in total. The fourth-order valence-corrected chi connectivity index (χ4v) is 11.7. The smallest absolute Gasteiger partial charge is 0.220 e. The highest BCUT2D eigenvalue weighted by molar-refractivity contribution is 5.96. The van der Waals surface area contributed by atoms with E-state index in [4.69, 9.17) is 14.5 Å². The molecule has 11 heteroatoms. The van der Waals surface area contributed by atoms with Gasteiger partial charge in [0.1, 0.15) is 30.2 Å². The topological polar surface area (TPSA) is 183 Å². The van der Waals surface area contributed by atoms with E-state index in [0.29, 0.717) is 44.9 Å². The van der Waals surface area contributed by atoms with Crippen molar-refractivity contribution in [3.05, 3.63) is 11.6 Å². The molecule has 1 aliphatic heterocycles. The first kappa shape index (κ1) is 35.5. The summed E-state index contributed by atoms with van der Waals surface area (Å²) in [6.07, 6.45) is -3.14. The Bertz CT molecular complexity index is 1310. The molecule has 6 N–H and O–H groups in total. The zero-order valence-electron chi connectivity index (χ0n) is 28.9. The van der Waals surface area contributed by atoms with Gasteiger partial charge in [-0.15, -0.1) is 0 Å². The van der Waals surface area contributed by atoms with Gasteiger partial charge in [-0.3, -0.25) is 9.59 Å². The number of aliphatic hydroxyl groups is 6. The third kappa shape index (κ3) is 4.85. The number of ketones is 2. The van der Waals surface area contributed by atoms with Crippen molar-refractivity contribution in [1.82, 2.24) is 0 Å². The lowest BCUT2D eigenvalue weighted by Crippen LogP contribution is -2.70. The molecule has 0 bridgehead atoms. The second kappa shape index (κ2) is 11.4. The van der Waals surface area contributed by atoms with Crippen LogP contribution in [0.15, 0.2) is 11.6 Å². The van der Waals surface area contributed by atoms with Gasteiger partial charge >= 0.3 is 0 Å². The maximum absolute atomic E-state index is 14.6. The number of allylic oxidation sites excluding steroid dienone is 1. The van der Waals surface area contributed by atoms with Crippen LogP contribution in [0.3, 0.4) is 0 Å². The van der Waals surface area contributed by atoms with Gasteiger partial charge < -0.3 is 35.4 Å². The number of ether oxygens (including phenoxy) is 1. The van der Waals surface area contributed by atoms with E-state index in [1.54, 1.807) is 0 Å². The summed E-state index contributed by atoms with van der Waals surface area (Å²) in [6.45, 7) is 13.8. The quantitative estimate of drug-likeness (QED) is 0.187. The molecule has 0 aromatic rings. The van der Waals surface area contributed by atoms with Crippen molar-refractivity contribution >= 4 is 11.6 Å². The average molecular weight is 665 g/mol. The zero-order chi connectivity index (χ0) is 34.7. The largest absolute Gasteiger partial charge is 0.394 e. The van der Waals surface area contributed by atoms with Crippen molar-refractivity contribution in [3.8, 4) is 0 Å². The molecule has 4 saturated carbocycles. The molecule has 6 rings (SSSR count). The van der Waals surface area contributed by atoms with Gasteiger partial charge in [0, 0.05) is 28.6 Å². The van der Waals surface area contributed by atoms with E-state index >= 15 is 0 Å². The minimum atomic E-state index is -1.63. The van der Waals surface area contributed by atoms with Gasteiger partial charge in [0.25, 0.3) is 0 Å². The van der Waals surface area contributed by atoms with Gasteiger partial charge in [-0.25, -0.2) is 9.78 Å². The predicted molar refractivity (Wildman–Crippen MR) is 168 cm³/mol. The first-order chi connectivity index (χ1) is 21.7. The van der Waals surface area contributed by atoms with Crippen LogP contribution in [0, 0.1) is 50.2 Å². The van der Waals surface area contributed by atoms with E-state index in [1.807, 2.05) is 26.8 Å². The predicted octanol–water partition coefficient (Wildman–Crippen LogP) is 2.23. The molecule has 1 saturated heterocycles. The van der Waals surface area contributed by atoms with Crippen LogP contribution in [-0.2, 0) is 24.1 Å². The summed E-state index contributed by atoms with van der Waals surface area (Å²) in [5, 5.41) is 63.8. The van der Waals surface area contributed by atoms with E-state index in [9.17, 15) is 40.2 Å². The first-order valence-electron chi connectivity index (χ1n) is 17.5. The van der Waals surface area contributed by atoms with Crippen molar-refractivity contribution in [2.75, 3.05) is 13.2 Å². The number of aliphatic hydroxyl groups excluding tert-OH is 6. The molecular weight excluding hydrogens is 608 g/mol. The number of rotatable bonds is 5. The molecule has 1 heterocycles. The Kier molecular flexibility index (Phi) is 8.60. The van der Waals surface area contributed by atoms with Crippen molar-refractivity contribution in [1.29, 1.82) is 0 Å². The Morgan fingerprint density at radius 1 is 0.872 bits per heavy atom. The SMILES string of the molecule is CC1(C)C[C@@H]2C3=CC(=O)[C@@H]4[C@@]5(C)CC[C@H](O)C(C)(COO[C@@H]6O[C@H](CO)[C@@H](O)[C@H](O)[C@H]6O)C5CC[C@@]4(C)[C@]3(C)[C@@H](O)C[C@@]2(C)CC1=O. The van der Waals surface area contributed by atoms with Gasteiger partial charge in [-0.05, 0) is 72.7 Å². The number of hydrogen-bond acceptors (Lipinski definition) is 11. The van der Waals surface area contributed by atoms with Crippen molar-refractivity contribution in [2.24, 2.45) is 50.2 Å². The summed E-state index contributed by atoms with van der Waals surface area (Å²) in [4.78, 5) is 38.8. The molecule has 0 aromatic heterocycles. The Hall–Kier alpha value is -1.28. The summed E-state index contributed by atoms with van der Waals surface area (Å²) in [7, 11) is 0.